The summed E-state index contributed by atoms with van der Waals surface area (Å²) >= 11 is 0. The van der Waals surface area contributed by atoms with Gasteiger partial charge in [-0.1, -0.05) is 26.0 Å². The molecule has 0 radical (unpaired) electrons. The number of nitrogens with one attached hydrogen (secondary N) is 2. The maximum atomic E-state index is 11.7. The minimum Gasteiger partial charge on any atom is -0.372 e. The van der Waals surface area contributed by atoms with Gasteiger partial charge in [0, 0.05) is 0 Å². The first kappa shape index (κ1) is 10.0. The Kier molecular flexibility index (Phi) is 2.62. The largest absolute Gasteiger partial charge is 0.372 e. The van der Waals surface area contributed by atoms with Crippen LogP contribution in [0.25, 0.3) is 0 Å². The number of hydrogen-bond acceptors (Lipinski definition) is 2. The summed E-state index contributed by atoms with van der Waals surface area (Å²) in [6.45, 7) is 4.10. The minimum atomic E-state index is -0.0930. The van der Waals surface area contributed by atoms with E-state index >= 15 is 0 Å². The Labute approximate surface area is 89.9 Å². The normalized spacial score (nSPS) is 19.1. The molecule has 0 aliphatic carbocycles. The van der Waals surface area contributed by atoms with Crippen LogP contribution in [0.2, 0.25) is 0 Å². The van der Waals surface area contributed by atoms with Crippen LogP contribution in [-0.4, -0.2) is 11.9 Å². The van der Waals surface area contributed by atoms with E-state index in [0.29, 0.717) is 0 Å². The summed E-state index contributed by atoms with van der Waals surface area (Å²) in [4.78, 5) is 11.7. The van der Waals surface area contributed by atoms with E-state index in [1.807, 2.05) is 25.1 Å². The summed E-state index contributed by atoms with van der Waals surface area (Å²) in [6, 6.07) is 5.99. The third kappa shape index (κ3) is 1.69. The molecule has 1 atom stereocenters. The minimum absolute atomic E-state index is 0.0749. The van der Waals surface area contributed by atoms with Gasteiger partial charge in [-0.3, -0.25) is 4.79 Å². The molecule has 1 amide bonds. The fraction of sp³-hybridized carbons (Fsp3) is 0.417. The molecule has 1 aromatic carbocycles. The van der Waals surface area contributed by atoms with E-state index in [1.165, 1.54) is 5.56 Å². The number of amides is 1. The predicted molar refractivity (Wildman–Crippen MR) is 62.2 cm³/mol. The van der Waals surface area contributed by atoms with Gasteiger partial charge in [0.1, 0.15) is 6.04 Å². The number of carbonyl (C=O) groups excluding carboxylic acids is 1. The molecule has 0 fully saturated rings. The van der Waals surface area contributed by atoms with Crippen molar-refractivity contribution in [3.8, 4) is 0 Å². The molecular weight excluding hydrogens is 188 g/mol. The van der Waals surface area contributed by atoms with Gasteiger partial charge in [-0.05, 0) is 24.5 Å². The second-order valence-corrected chi connectivity index (χ2v) is 3.79. The third-order valence-corrected chi connectivity index (χ3v) is 2.83. The van der Waals surface area contributed by atoms with Crippen LogP contribution in [0.4, 0.5) is 11.4 Å². The maximum Gasteiger partial charge on any atom is 0.246 e. The molecule has 2 rings (SSSR count). The van der Waals surface area contributed by atoms with Crippen LogP contribution in [0.3, 0.4) is 0 Å². The number of benzene rings is 1. The Morgan fingerprint density at radius 2 is 2.13 bits per heavy atom. The van der Waals surface area contributed by atoms with E-state index in [2.05, 4.69) is 17.6 Å². The van der Waals surface area contributed by atoms with Gasteiger partial charge in [0.15, 0.2) is 0 Å². The van der Waals surface area contributed by atoms with E-state index in [0.717, 1.165) is 24.2 Å². The molecule has 1 aliphatic rings. The second-order valence-electron chi connectivity index (χ2n) is 3.79. The van der Waals surface area contributed by atoms with Crippen LogP contribution in [0.15, 0.2) is 18.2 Å². The summed E-state index contributed by atoms with van der Waals surface area (Å²) in [5.74, 6) is 0.0749. The summed E-state index contributed by atoms with van der Waals surface area (Å²) < 4.78 is 0. The van der Waals surface area contributed by atoms with Crippen molar-refractivity contribution < 1.29 is 4.79 Å². The van der Waals surface area contributed by atoms with Gasteiger partial charge in [-0.25, -0.2) is 0 Å². The lowest BCUT2D eigenvalue weighted by molar-refractivity contribution is -0.117. The number of anilines is 2. The van der Waals surface area contributed by atoms with E-state index in [9.17, 15) is 4.79 Å². The summed E-state index contributed by atoms with van der Waals surface area (Å²) in [5, 5.41) is 6.24. The summed E-state index contributed by atoms with van der Waals surface area (Å²) in [7, 11) is 0. The molecule has 1 aliphatic heterocycles. The molecule has 15 heavy (non-hydrogen) atoms. The number of rotatable bonds is 2. The van der Waals surface area contributed by atoms with Gasteiger partial charge in [-0.15, -0.1) is 0 Å². The molecule has 0 spiro atoms. The Hall–Kier alpha value is -1.51. The van der Waals surface area contributed by atoms with Crippen molar-refractivity contribution in [2.45, 2.75) is 32.7 Å². The Morgan fingerprint density at radius 1 is 1.33 bits per heavy atom. The summed E-state index contributed by atoms with van der Waals surface area (Å²) in [6.07, 6.45) is 1.74. The van der Waals surface area contributed by atoms with Crippen LogP contribution < -0.4 is 10.6 Å². The highest BCUT2D eigenvalue weighted by molar-refractivity contribution is 6.03. The Balaban J connectivity index is 2.39. The van der Waals surface area contributed by atoms with E-state index < -0.39 is 0 Å². The van der Waals surface area contributed by atoms with Crippen molar-refractivity contribution in [3.63, 3.8) is 0 Å². The van der Waals surface area contributed by atoms with Crippen LogP contribution in [-0.2, 0) is 11.2 Å². The first-order chi connectivity index (χ1) is 7.26. The van der Waals surface area contributed by atoms with Gasteiger partial charge >= 0.3 is 0 Å². The first-order valence-corrected chi connectivity index (χ1v) is 5.45. The molecule has 80 valence electrons. The molecule has 1 heterocycles. The van der Waals surface area contributed by atoms with Gasteiger partial charge in [0.2, 0.25) is 5.91 Å². The third-order valence-electron chi connectivity index (χ3n) is 2.83. The number of para-hydroxylation sites is 1. The molecule has 0 bridgehead atoms. The molecular formula is C12H16N2O. The van der Waals surface area contributed by atoms with Crippen molar-refractivity contribution in [1.82, 2.24) is 0 Å². The highest BCUT2D eigenvalue weighted by atomic mass is 16.2. The monoisotopic (exact) mass is 204 g/mol. The van der Waals surface area contributed by atoms with Crippen LogP contribution in [0.5, 0.6) is 0 Å². The SMILES string of the molecule is CCc1cccc2c1NC(=O)C(CC)N2. The van der Waals surface area contributed by atoms with E-state index in [-0.39, 0.29) is 11.9 Å². The molecule has 1 unspecified atom stereocenters. The Bertz CT molecular complexity index is 387. The lowest BCUT2D eigenvalue weighted by Crippen LogP contribution is -2.38. The lowest BCUT2D eigenvalue weighted by Gasteiger charge is -2.27. The molecule has 2 N–H and O–H groups in total. The average Bonchev–Trinajstić information content (AvgIpc) is 2.27. The van der Waals surface area contributed by atoms with Gasteiger partial charge in [0.25, 0.3) is 0 Å². The molecule has 3 nitrogen and oxygen atoms in total. The fourth-order valence-corrected chi connectivity index (χ4v) is 1.91. The first-order valence-electron chi connectivity index (χ1n) is 5.45. The van der Waals surface area contributed by atoms with Crippen LogP contribution in [0, 0.1) is 0 Å². The van der Waals surface area contributed by atoms with Crippen molar-refractivity contribution in [3.05, 3.63) is 23.8 Å². The second kappa shape index (κ2) is 3.93. The lowest BCUT2D eigenvalue weighted by atomic mass is 10.0. The highest BCUT2D eigenvalue weighted by Gasteiger charge is 2.24. The zero-order valence-electron chi connectivity index (χ0n) is 9.13. The van der Waals surface area contributed by atoms with Crippen LogP contribution >= 0.6 is 0 Å². The zero-order chi connectivity index (χ0) is 10.8. The van der Waals surface area contributed by atoms with Gasteiger partial charge in [-0.2, -0.15) is 0 Å². The Morgan fingerprint density at radius 3 is 2.80 bits per heavy atom. The van der Waals surface area contributed by atoms with E-state index in [1.54, 1.807) is 0 Å². The maximum absolute atomic E-state index is 11.7. The molecule has 3 heteroatoms. The fourth-order valence-electron chi connectivity index (χ4n) is 1.91. The van der Waals surface area contributed by atoms with Crippen molar-refractivity contribution in [1.29, 1.82) is 0 Å². The smallest absolute Gasteiger partial charge is 0.246 e. The molecule has 0 saturated heterocycles. The number of aryl methyl sites for hydroxylation is 1. The quantitative estimate of drug-likeness (QED) is 0.776. The van der Waals surface area contributed by atoms with E-state index in [4.69, 9.17) is 0 Å². The number of hydrogen-bond donors (Lipinski definition) is 2. The summed E-state index contributed by atoms with van der Waals surface area (Å²) in [5.41, 5.74) is 3.18. The number of fused-ring (bicyclic) bond motifs is 1. The molecule has 0 aromatic heterocycles. The van der Waals surface area contributed by atoms with Crippen LogP contribution in [0.1, 0.15) is 25.8 Å². The van der Waals surface area contributed by atoms with Crippen molar-refractivity contribution in [2.24, 2.45) is 0 Å². The molecule has 1 aromatic rings. The van der Waals surface area contributed by atoms with Gasteiger partial charge < -0.3 is 10.6 Å². The average molecular weight is 204 g/mol. The van der Waals surface area contributed by atoms with Crippen molar-refractivity contribution >= 4 is 17.3 Å². The highest BCUT2D eigenvalue weighted by Crippen LogP contribution is 2.31. The van der Waals surface area contributed by atoms with Crippen molar-refractivity contribution in [2.75, 3.05) is 10.6 Å². The van der Waals surface area contributed by atoms with Gasteiger partial charge in [0.05, 0.1) is 11.4 Å². The predicted octanol–water partition coefficient (Wildman–Crippen LogP) is 2.39. The molecule has 0 saturated carbocycles. The topological polar surface area (TPSA) is 41.1 Å². The standard InChI is InChI=1S/C12H16N2O/c1-3-8-6-5-7-10-11(8)14-12(15)9(4-2)13-10/h5-7,9,13H,3-4H2,1-2H3,(H,14,15). The number of carbonyl (C=O) groups is 1. The zero-order valence-corrected chi connectivity index (χ0v) is 9.13.